The van der Waals surface area contributed by atoms with Crippen molar-refractivity contribution < 1.29 is 9.53 Å². The molecule has 6 nitrogen and oxygen atoms in total. The van der Waals surface area contributed by atoms with Crippen molar-refractivity contribution in [3.8, 4) is 5.75 Å². The van der Waals surface area contributed by atoms with E-state index in [1.54, 1.807) is 0 Å². The number of nitrogens with zero attached hydrogens (tertiary/aromatic N) is 4. The molecule has 1 aliphatic heterocycles. The van der Waals surface area contributed by atoms with Crippen LogP contribution in [0.1, 0.15) is 49.8 Å². The summed E-state index contributed by atoms with van der Waals surface area (Å²) in [6, 6.07) is 10.1. The normalized spacial score (nSPS) is 14.7. The lowest BCUT2D eigenvalue weighted by Crippen LogP contribution is -2.49. The minimum Gasteiger partial charge on any atom is -0.492 e. The standard InChI is InChI=1S/C21H30N4O2/c1-5-25-19(15-17(22-25)16(3)4)21(26)24-13-11-23(12-14-24)18-9-7-8-10-20(18)27-6-2/h7-10,15-16H,5-6,11-14H2,1-4H3. The molecule has 0 atom stereocenters. The molecular weight excluding hydrogens is 340 g/mol. The molecule has 0 spiro atoms. The molecule has 27 heavy (non-hydrogen) atoms. The number of piperazine rings is 1. The van der Waals surface area contributed by atoms with Gasteiger partial charge in [-0.15, -0.1) is 0 Å². The molecule has 1 aromatic heterocycles. The molecule has 1 amide bonds. The molecule has 0 bridgehead atoms. The zero-order chi connectivity index (χ0) is 19.4. The average Bonchev–Trinajstić information content (AvgIpc) is 3.13. The lowest BCUT2D eigenvalue weighted by Gasteiger charge is -2.36. The Morgan fingerprint density at radius 1 is 1.15 bits per heavy atom. The Hall–Kier alpha value is -2.50. The van der Waals surface area contributed by atoms with Gasteiger partial charge in [0.2, 0.25) is 0 Å². The Bertz CT molecular complexity index is 776. The Morgan fingerprint density at radius 2 is 1.85 bits per heavy atom. The van der Waals surface area contributed by atoms with Crippen LogP contribution in [0.15, 0.2) is 30.3 Å². The molecule has 146 valence electrons. The second-order valence-corrected chi connectivity index (χ2v) is 7.10. The number of benzene rings is 1. The molecule has 2 aromatic rings. The van der Waals surface area contributed by atoms with Crippen molar-refractivity contribution >= 4 is 11.6 Å². The predicted octanol–water partition coefficient (Wildman–Crippen LogP) is 3.39. The summed E-state index contributed by atoms with van der Waals surface area (Å²) in [4.78, 5) is 17.3. The quantitative estimate of drug-likeness (QED) is 0.782. The van der Waals surface area contributed by atoms with Crippen molar-refractivity contribution in [2.45, 2.75) is 40.2 Å². The van der Waals surface area contributed by atoms with E-state index in [0.717, 1.165) is 30.2 Å². The number of amides is 1. The summed E-state index contributed by atoms with van der Waals surface area (Å²) in [5, 5.41) is 4.58. The Balaban J connectivity index is 1.70. The molecule has 0 radical (unpaired) electrons. The van der Waals surface area contributed by atoms with Crippen LogP contribution in [0.25, 0.3) is 0 Å². The molecule has 0 N–H and O–H groups in total. The maximum Gasteiger partial charge on any atom is 0.272 e. The number of aryl methyl sites for hydroxylation is 1. The van der Waals surface area contributed by atoms with Gasteiger partial charge < -0.3 is 14.5 Å². The van der Waals surface area contributed by atoms with Crippen molar-refractivity contribution in [1.82, 2.24) is 14.7 Å². The zero-order valence-electron chi connectivity index (χ0n) is 16.8. The number of ether oxygens (including phenoxy) is 1. The van der Waals surface area contributed by atoms with E-state index in [2.05, 4.69) is 29.9 Å². The summed E-state index contributed by atoms with van der Waals surface area (Å²) in [7, 11) is 0. The molecule has 0 aliphatic carbocycles. The first-order valence-corrected chi connectivity index (χ1v) is 9.88. The monoisotopic (exact) mass is 370 g/mol. The number of rotatable bonds is 6. The minimum absolute atomic E-state index is 0.0778. The van der Waals surface area contributed by atoms with Crippen LogP contribution in [-0.2, 0) is 6.54 Å². The van der Waals surface area contributed by atoms with Crippen LogP contribution in [0.4, 0.5) is 5.69 Å². The number of carbonyl (C=O) groups is 1. The van der Waals surface area contributed by atoms with Gasteiger partial charge in [-0.1, -0.05) is 26.0 Å². The van der Waals surface area contributed by atoms with Gasteiger partial charge in [0.1, 0.15) is 11.4 Å². The van der Waals surface area contributed by atoms with Crippen LogP contribution in [0, 0.1) is 0 Å². The highest BCUT2D eigenvalue weighted by molar-refractivity contribution is 5.93. The molecule has 1 saturated heterocycles. The van der Waals surface area contributed by atoms with Crippen LogP contribution in [0.5, 0.6) is 5.75 Å². The molecule has 0 saturated carbocycles. The van der Waals surface area contributed by atoms with Gasteiger partial charge in [0.05, 0.1) is 18.0 Å². The molecular formula is C21H30N4O2. The van der Waals surface area contributed by atoms with Crippen LogP contribution in [0.3, 0.4) is 0 Å². The van der Waals surface area contributed by atoms with Gasteiger partial charge in [-0.25, -0.2) is 0 Å². The number of hydrogen-bond donors (Lipinski definition) is 0. The van der Waals surface area contributed by atoms with E-state index in [1.807, 2.05) is 47.7 Å². The summed E-state index contributed by atoms with van der Waals surface area (Å²) in [5.74, 6) is 1.30. The minimum atomic E-state index is 0.0778. The van der Waals surface area contributed by atoms with Gasteiger partial charge in [-0.3, -0.25) is 9.48 Å². The molecule has 0 unspecified atom stereocenters. The highest BCUT2D eigenvalue weighted by Crippen LogP contribution is 2.29. The van der Waals surface area contributed by atoms with E-state index in [1.165, 1.54) is 0 Å². The van der Waals surface area contributed by atoms with Crippen LogP contribution >= 0.6 is 0 Å². The van der Waals surface area contributed by atoms with E-state index in [-0.39, 0.29) is 5.91 Å². The van der Waals surface area contributed by atoms with Gasteiger partial charge in [0.15, 0.2) is 0 Å². The molecule has 1 aliphatic rings. The smallest absolute Gasteiger partial charge is 0.272 e. The van der Waals surface area contributed by atoms with Crippen molar-refractivity contribution in [2.75, 3.05) is 37.7 Å². The fraction of sp³-hybridized carbons (Fsp3) is 0.524. The number of para-hydroxylation sites is 2. The second kappa shape index (κ2) is 8.46. The predicted molar refractivity (Wildman–Crippen MR) is 108 cm³/mol. The first-order chi connectivity index (χ1) is 13.0. The fourth-order valence-electron chi connectivity index (χ4n) is 3.44. The maximum absolute atomic E-state index is 13.0. The summed E-state index contributed by atoms with van der Waals surface area (Å²) in [6.45, 7) is 12.6. The summed E-state index contributed by atoms with van der Waals surface area (Å²) < 4.78 is 7.58. The number of anilines is 1. The third kappa shape index (κ3) is 4.10. The van der Waals surface area contributed by atoms with E-state index in [9.17, 15) is 4.79 Å². The Morgan fingerprint density at radius 3 is 2.48 bits per heavy atom. The van der Waals surface area contributed by atoms with E-state index < -0.39 is 0 Å². The summed E-state index contributed by atoms with van der Waals surface area (Å²) in [5.41, 5.74) is 2.78. The van der Waals surface area contributed by atoms with Crippen LogP contribution in [0.2, 0.25) is 0 Å². The van der Waals surface area contributed by atoms with Crippen LogP contribution in [-0.4, -0.2) is 53.4 Å². The second-order valence-electron chi connectivity index (χ2n) is 7.10. The van der Waals surface area contributed by atoms with Gasteiger partial charge in [0, 0.05) is 32.7 Å². The first-order valence-electron chi connectivity index (χ1n) is 9.88. The number of carbonyl (C=O) groups excluding carboxylic acids is 1. The zero-order valence-corrected chi connectivity index (χ0v) is 16.8. The number of aromatic nitrogens is 2. The number of hydrogen-bond acceptors (Lipinski definition) is 4. The highest BCUT2D eigenvalue weighted by Gasteiger charge is 2.26. The molecule has 1 aromatic carbocycles. The van der Waals surface area contributed by atoms with E-state index in [0.29, 0.717) is 37.9 Å². The van der Waals surface area contributed by atoms with Crippen molar-refractivity contribution in [2.24, 2.45) is 0 Å². The van der Waals surface area contributed by atoms with E-state index >= 15 is 0 Å². The SMILES string of the molecule is CCOc1ccccc1N1CCN(C(=O)c2cc(C(C)C)nn2CC)CC1. The molecule has 6 heteroatoms. The highest BCUT2D eigenvalue weighted by atomic mass is 16.5. The topological polar surface area (TPSA) is 50.6 Å². The maximum atomic E-state index is 13.0. The third-order valence-corrected chi connectivity index (χ3v) is 4.98. The van der Waals surface area contributed by atoms with Gasteiger partial charge in [0.25, 0.3) is 5.91 Å². The molecule has 1 fully saturated rings. The Kier molecular flexibility index (Phi) is 6.04. The largest absolute Gasteiger partial charge is 0.492 e. The summed E-state index contributed by atoms with van der Waals surface area (Å²) in [6.07, 6.45) is 0. The first kappa shape index (κ1) is 19.3. The van der Waals surface area contributed by atoms with Gasteiger partial charge in [-0.2, -0.15) is 5.10 Å². The van der Waals surface area contributed by atoms with Crippen molar-refractivity contribution in [3.63, 3.8) is 0 Å². The van der Waals surface area contributed by atoms with E-state index in [4.69, 9.17) is 4.74 Å². The summed E-state index contributed by atoms with van der Waals surface area (Å²) >= 11 is 0. The lowest BCUT2D eigenvalue weighted by molar-refractivity contribution is 0.0734. The molecule has 3 rings (SSSR count). The van der Waals surface area contributed by atoms with Crippen LogP contribution < -0.4 is 9.64 Å². The van der Waals surface area contributed by atoms with Gasteiger partial charge >= 0.3 is 0 Å². The third-order valence-electron chi connectivity index (χ3n) is 4.98. The molecule has 2 heterocycles. The van der Waals surface area contributed by atoms with Gasteiger partial charge in [-0.05, 0) is 38.0 Å². The average molecular weight is 370 g/mol. The lowest BCUT2D eigenvalue weighted by atomic mass is 10.1. The Labute approximate surface area is 161 Å². The fourth-order valence-corrected chi connectivity index (χ4v) is 3.44. The van der Waals surface area contributed by atoms with Crippen molar-refractivity contribution in [1.29, 1.82) is 0 Å². The van der Waals surface area contributed by atoms with Crippen molar-refractivity contribution in [3.05, 3.63) is 41.7 Å².